The zero-order chi connectivity index (χ0) is 88.8. The van der Waals surface area contributed by atoms with Gasteiger partial charge in [0.05, 0.1) is 53.8 Å². The molecule has 0 unspecified atom stereocenters. The van der Waals surface area contributed by atoms with Gasteiger partial charge < -0.3 is 4.42 Å². The summed E-state index contributed by atoms with van der Waals surface area (Å²) < 4.78 is 62.2. The number of benzene rings is 10. The van der Waals surface area contributed by atoms with Crippen LogP contribution in [0.15, 0.2) is 206 Å². The van der Waals surface area contributed by atoms with Crippen LogP contribution in [-0.4, -0.2) is 19.9 Å². The summed E-state index contributed by atoms with van der Waals surface area (Å²) in [7, 11) is 10.3. The first-order chi connectivity index (χ1) is 58.3. The Morgan fingerprint density at radius 2 is 0.843 bits per heavy atom. The molecule has 10 aromatic carbocycles. The van der Waals surface area contributed by atoms with Crippen LogP contribution >= 0.6 is 0 Å². The smallest absolute Gasteiger partial charge is 0.287 e. The van der Waals surface area contributed by atoms with Gasteiger partial charge in [0.25, 0.3) is 19.0 Å². The lowest BCUT2D eigenvalue weighted by molar-refractivity contribution is -0.662. The molecule has 0 aliphatic heterocycles. The standard InChI is InChI=1S/C28H29N2O.C23H28N.C22H26FN2.C18H18FN2.C18H19N2/c1-16(2)14-20-8-7-9-24-21(20)12-13-25(30(24)6)26-19(5)17(3)15-23-22-11-10-18(4)29-28(22)31-27(23)26;1-15(2)11-19-7-8-21-20(14-19)9-10-24(6)23(21)22-13-16(3)12-17(4)18(22)5;1-13(2)9-17-7-8-18-20(11-17)24-12-25(6)22(18)19-10-14(3)21(23)16(5)15(19)4;1-11-9-15(12(2)13(3)17(11)19)18-14-7-5-6-8-16(14)20-10-21(18)4;1-12-9-13(2)14(3)16(10-12)18-15-7-5-6-8-17(15)19-11-20(18)4/h7-13,15-16H,14H2,1-6H3;7-10,12-15H,11H2,1-6H3;7-8,10-13H,9H2,1-6H3;5-10H,1-4H3;5-11H,1-4H3/q5*+1/i;11D2;;;. The molecule has 12 heteroatoms. The number of nitrogens with zero attached hydrogens (tertiary/aromatic N) is 9. The Hall–Kier alpha value is -12.2. The molecule has 0 fully saturated rings. The first kappa shape index (κ1) is 83.9. The minimum absolute atomic E-state index is 0.0686. The highest BCUT2D eigenvalue weighted by atomic mass is 19.1. The molecule has 0 saturated carbocycles. The van der Waals surface area contributed by atoms with Crippen LogP contribution in [0.3, 0.4) is 0 Å². The van der Waals surface area contributed by atoms with Gasteiger partial charge in [0.2, 0.25) is 22.6 Å². The van der Waals surface area contributed by atoms with E-state index < -0.39 is 6.37 Å². The third-order valence-electron chi connectivity index (χ3n) is 24.2. The number of fused-ring (bicyclic) bond motifs is 8. The molecule has 10 nitrogen and oxygen atoms in total. The van der Waals surface area contributed by atoms with E-state index in [1.54, 1.807) is 0 Å². The maximum Gasteiger partial charge on any atom is 0.287 e. The predicted molar refractivity (Wildman–Crippen MR) is 498 cm³/mol. The molecule has 0 N–H and O–H groups in total. The van der Waals surface area contributed by atoms with E-state index in [0.29, 0.717) is 34.2 Å². The van der Waals surface area contributed by atoms with E-state index in [9.17, 15) is 8.78 Å². The molecular weight excluding hydrogens is 1490 g/mol. The molecule has 0 aliphatic rings. The zero-order valence-corrected chi connectivity index (χ0v) is 75.9. The van der Waals surface area contributed by atoms with Gasteiger partial charge in [0.15, 0.2) is 28.3 Å². The number of furan rings is 1. The molecule has 17 aromatic rings. The summed E-state index contributed by atoms with van der Waals surface area (Å²) in [5.41, 5.74) is 36.9. The van der Waals surface area contributed by atoms with Gasteiger partial charge >= 0.3 is 0 Å². The van der Waals surface area contributed by atoms with Crippen molar-refractivity contribution >= 4 is 76.5 Å². The number of aromatic nitrogens is 9. The summed E-state index contributed by atoms with van der Waals surface area (Å²) in [5.74, 6) is 0.946. The van der Waals surface area contributed by atoms with E-state index in [4.69, 9.17) is 7.16 Å². The minimum atomic E-state index is -1.33. The van der Waals surface area contributed by atoms with Crippen LogP contribution in [0.1, 0.15) is 145 Å². The maximum atomic E-state index is 14.3. The van der Waals surface area contributed by atoms with Gasteiger partial charge in [-0.3, -0.25) is 0 Å². The summed E-state index contributed by atoms with van der Waals surface area (Å²) in [6, 6.07) is 61.5. The fourth-order valence-electron chi connectivity index (χ4n) is 17.3. The van der Waals surface area contributed by atoms with E-state index in [0.717, 1.165) is 129 Å². The average Bonchev–Trinajstić information content (AvgIpc) is 1.64. The van der Waals surface area contributed by atoms with Crippen LogP contribution in [0.25, 0.3) is 133 Å². The van der Waals surface area contributed by atoms with Crippen molar-refractivity contribution in [2.24, 2.45) is 53.0 Å². The number of halogens is 2. The van der Waals surface area contributed by atoms with Crippen molar-refractivity contribution in [2.45, 2.75) is 165 Å². The lowest BCUT2D eigenvalue weighted by Gasteiger charge is -2.14. The minimum Gasteiger partial charge on any atom is -0.437 e. The van der Waals surface area contributed by atoms with Crippen LogP contribution in [0.4, 0.5) is 8.78 Å². The monoisotopic (exact) mass is 1610 g/mol. The van der Waals surface area contributed by atoms with Gasteiger partial charge in [-0.25, -0.2) is 32.0 Å². The number of para-hydroxylation sites is 2. The summed E-state index contributed by atoms with van der Waals surface area (Å²) in [6.07, 6.45) is 8.43. The molecule has 616 valence electrons. The lowest BCUT2D eigenvalue weighted by atomic mass is 9.93. The molecule has 0 spiro atoms. The molecule has 0 bridgehead atoms. The Labute approximate surface area is 717 Å². The van der Waals surface area contributed by atoms with Crippen molar-refractivity contribution in [1.82, 2.24) is 19.9 Å². The Bertz CT molecular complexity index is 7000. The third-order valence-corrected chi connectivity index (χ3v) is 24.2. The zero-order valence-electron chi connectivity index (χ0n) is 77.9. The Kier molecular flexibility index (Phi) is 25.0. The molecule has 7 aromatic heterocycles. The summed E-state index contributed by atoms with van der Waals surface area (Å²) in [6.45, 7) is 43.5. The topological polar surface area (TPSA) is 84.1 Å². The van der Waals surface area contributed by atoms with Crippen molar-refractivity contribution < 1.29 is 38.8 Å². The third kappa shape index (κ3) is 17.9. The highest BCUT2D eigenvalue weighted by Gasteiger charge is 2.28. The highest BCUT2D eigenvalue weighted by molar-refractivity contribution is 6.09. The highest BCUT2D eigenvalue weighted by Crippen LogP contribution is 2.41. The number of hydrogen-bond donors (Lipinski definition) is 0. The quantitative estimate of drug-likeness (QED) is 0.121. The normalized spacial score (nSPS) is 11.8. The van der Waals surface area contributed by atoms with E-state index in [-0.39, 0.29) is 17.6 Å². The maximum absolute atomic E-state index is 14.3. The molecule has 7 heterocycles. The van der Waals surface area contributed by atoms with Gasteiger partial charge in [0.1, 0.15) is 42.8 Å². The molecule has 0 atom stereocenters. The fourth-order valence-corrected chi connectivity index (χ4v) is 17.3. The second-order valence-corrected chi connectivity index (χ2v) is 34.8. The van der Waals surface area contributed by atoms with Crippen LogP contribution in [0.2, 0.25) is 0 Å². The number of pyridine rings is 3. The van der Waals surface area contributed by atoms with E-state index in [1.807, 2.05) is 153 Å². The summed E-state index contributed by atoms with van der Waals surface area (Å²) >= 11 is 0. The van der Waals surface area contributed by atoms with Crippen molar-refractivity contribution in [2.75, 3.05) is 0 Å². The van der Waals surface area contributed by atoms with Crippen molar-refractivity contribution in [1.29, 1.82) is 0 Å². The number of hydrogen-bond acceptors (Lipinski definition) is 5. The Balaban J connectivity index is 0.000000133. The average molecular weight is 1610 g/mol. The second-order valence-electron chi connectivity index (χ2n) is 34.8. The Morgan fingerprint density at radius 3 is 1.38 bits per heavy atom. The summed E-state index contributed by atoms with van der Waals surface area (Å²) in [4.78, 5) is 18.2. The van der Waals surface area contributed by atoms with Crippen LogP contribution in [0, 0.1) is 133 Å². The first-order valence-corrected chi connectivity index (χ1v) is 42.4. The largest absolute Gasteiger partial charge is 0.437 e. The second kappa shape index (κ2) is 36.0. The van der Waals surface area contributed by atoms with Crippen LogP contribution in [0.5, 0.6) is 0 Å². The van der Waals surface area contributed by atoms with Gasteiger partial charge in [-0.1, -0.05) is 119 Å². The van der Waals surface area contributed by atoms with Gasteiger partial charge in [-0.05, 0) is 336 Å². The van der Waals surface area contributed by atoms with Crippen molar-refractivity contribution in [3.63, 3.8) is 0 Å². The number of rotatable bonds is 11. The first-order valence-electron chi connectivity index (χ1n) is 43.4. The van der Waals surface area contributed by atoms with E-state index in [2.05, 4.69) is 271 Å². The molecule has 17 rings (SSSR count). The lowest BCUT2D eigenvalue weighted by Crippen LogP contribution is -2.32. The van der Waals surface area contributed by atoms with Crippen LogP contribution < -0.4 is 22.8 Å². The summed E-state index contributed by atoms with van der Waals surface area (Å²) in [5, 5.41) is 9.16. The van der Waals surface area contributed by atoms with Crippen molar-refractivity contribution in [3.8, 4) is 56.3 Å². The van der Waals surface area contributed by atoms with Gasteiger partial charge in [-0.2, -0.15) is 4.57 Å². The molecule has 0 aliphatic carbocycles. The SMILES string of the molecule is Cc1cc(-c2c3ccc(CC(C)C)cc3nc[n+]2C)c(C)c(C)c1F.Cc1cc(-c2c3ccccc3nc[n+]2C)c(C)c(C)c1F.Cc1cc(C)c(C)c(-c2c3ccccc3nc[n+]2C)c1.Cc1ccc2c(n1)oc1c(-c3ccc4c(CC(C)C)cccc4[n+]3C)c(C)c(C)cc12.[2H]C([2H])(c1ccc2c(-c3cc(C)cc(C)c3C)[n+](C)ccc2c1)C(C)C. The molecule has 0 amide bonds. The molecular formula is C109H120F2N9O+5. The predicted octanol–water partition coefficient (Wildman–Crippen LogP) is 24.6. The van der Waals surface area contributed by atoms with E-state index >= 15 is 0 Å². The van der Waals surface area contributed by atoms with Gasteiger partial charge in [-0.15, -0.1) is 0 Å². The molecule has 0 radical (unpaired) electrons. The number of aryl methyl sites for hydroxylation is 13. The van der Waals surface area contributed by atoms with Gasteiger partial charge in [0, 0.05) is 59.5 Å². The molecule has 121 heavy (non-hydrogen) atoms. The molecule has 0 saturated heterocycles. The van der Waals surface area contributed by atoms with Crippen molar-refractivity contribution in [3.05, 3.63) is 313 Å². The fraction of sp³-hybridized carbons (Fsp3) is 0.294. The Morgan fingerprint density at radius 1 is 0.372 bits per heavy atom. The van der Waals surface area contributed by atoms with E-state index in [1.165, 1.54) is 94.4 Å². The van der Waals surface area contributed by atoms with Crippen LogP contribution in [-0.2, 0) is 54.5 Å².